The predicted octanol–water partition coefficient (Wildman–Crippen LogP) is 1.64. The van der Waals surface area contributed by atoms with Crippen molar-refractivity contribution in [3.63, 3.8) is 0 Å². The molecule has 108 valence electrons. The summed E-state index contributed by atoms with van der Waals surface area (Å²) >= 11 is 0. The van der Waals surface area contributed by atoms with Crippen molar-refractivity contribution in [3.8, 4) is 5.75 Å². The van der Waals surface area contributed by atoms with E-state index in [4.69, 9.17) is 4.74 Å². The van der Waals surface area contributed by atoms with Gasteiger partial charge in [-0.2, -0.15) is 0 Å². The normalized spacial score (nSPS) is 18.5. The lowest BCUT2D eigenvalue weighted by molar-refractivity contribution is -0.128. The zero-order valence-electron chi connectivity index (χ0n) is 12.3. The molecule has 1 aliphatic heterocycles. The molecule has 0 spiro atoms. The lowest BCUT2D eigenvalue weighted by Crippen LogP contribution is -2.53. The molecule has 0 atom stereocenters. The lowest BCUT2D eigenvalue weighted by Gasteiger charge is -2.29. The number of ether oxygens (including phenoxy) is 1. The number of amides is 2. The number of anilines is 1. The molecule has 1 N–H and O–H groups in total. The second-order valence-electron chi connectivity index (χ2n) is 5.53. The monoisotopic (exact) mass is 276 g/mol. The maximum absolute atomic E-state index is 12.6. The summed E-state index contributed by atoms with van der Waals surface area (Å²) < 4.78 is 5.23. The highest BCUT2D eigenvalue weighted by molar-refractivity contribution is 6.03. The summed E-state index contributed by atoms with van der Waals surface area (Å²) in [5.74, 6) is 0.577. The highest BCUT2D eigenvalue weighted by atomic mass is 16.5. The summed E-state index contributed by atoms with van der Waals surface area (Å²) in [5, 5.41) is 2.75. The molecule has 1 heterocycles. The molecule has 2 amide bonds. The Morgan fingerprint density at radius 3 is 2.60 bits per heavy atom. The van der Waals surface area contributed by atoms with Gasteiger partial charge in [0.1, 0.15) is 11.3 Å². The van der Waals surface area contributed by atoms with Crippen LogP contribution in [0.2, 0.25) is 0 Å². The van der Waals surface area contributed by atoms with E-state index in [1.165, 1.54) is 0 Å². The van der Waals surface area contributed by atoms with E-state index in [2.05, 4.69) is 5.32 Å². The van der Waals surface area contributed by atoms with Crippen molar-refractivity contribution in [1.29, 1.82) is 0 Å². The highest BCUT2D eigenvalue weighted by Gasteiger charge is 2.37. The fourth-order valence-electron chi connectivity index (χ4n) is 2.39. The van der Waals surface area contributed by atoms with Crippen molar-refractivity contribution in [3.05, 3.63) is 23.8 Å². The number of nitrogens with one attached hydrogen (secondary N) is 1. The van der Waals surface area contributed by atoms with Gasteiger partial charge in [0.05, 0.1) is 7.11 Å². The Kier molecular flexibility index (Phi) is 3.70. The first-order chi connectivity index (χ1) is 9.35. The number of carbonyl (C=O) groups excluding carboxylic acids is 2. The quantitative estimate of drug-likeness (QED) is 0.893. The number of hydrogen-bond acceptors (Lipinski definition) is 3. The molecule has 0 unspecified atom stereocenters. The van der Waals surface area contributed by atoms with Crippen LogP contribution in [0.5, 0.6) is 5.75 Å². The molecular formula is C15H20N2O3. The van der Waals surface area contributed by atoms with Crippen LogP contribution < -0.4 is 15.0 Å². The fraction of sp³-hybridized carbons (Fsp3) is 0.467. The molecule has 5 heteroatoms. The van der Waals surface area contributed by atoms with E-state index in [1.54, 1.807) is 25.9 Å². The van der Waals surface area contributed by atoms with E-state index in [0.29, 0.717) is 13.0 Å². The van der Waals surface area contributed by atoms with Crippen molar-refractivity contribution >= 4 is 17.5 Å². The third-order valence-electron chi connectivity index (χ3n) is 3.48. The van der Waals surface area contributed by atoms with Gasteiger partial charge in [-0.25, -0.2) is 0 Å². The van der Waals surface area contributed by atoms with Crippen LogP contribution in [-0.2, 0) is 9.59 Å². The van der Waals surface area contributed by atoms with Gasteiger partial charge in [-0.05, 0) is 44.5 Å². The number of hydrogen-bond donors (Lipinski definition) is 1. The smallest absolute Gasteiger partial charge is 0.252 e. The average molecular weight is 276 g/mol. The summed E-state index contributed by atoms with van der Waals surface area (Å²) in [6.07, 6.45) is 0.306. The van der Waals surface area contributed by atoms with Gasteiger partial charge in [0.15, 0.2) is 0 Å². The minimum atomic E-state index is -0.887. The minimum Gasteiger partial charge on any atom is -0.496 e. The van der Waals surface area contributed by atoms with Crippen LogP contribution in [0.1, 0.15) is 25.8 Å². The Hall–Kier alpha value is -2.04. The SMILES string of the molecule is COc1ccc(N2CCC(=O)NC(C)(C)C2=O)cc1C. The van der Waals surface area contributed by atoms with Gasteiger partial charge in [0.25, 0.3) is 5.91 Å². The molecule has 1 aromatic rings. The minimum absolute atomic E-state index is 0.101. The van der Waals surface area contributed by atoms with E-state index in [-0.39, 0.29) is 11.8 Å². The van der Waals surface area contributed by atoms with Crippen molar-refractivity contribution in [1.82, 2.24) is 5.32 Å². The van der Waals surface area contributed by atoms with E-state index < -0.39 is 5.54 Å². The Morgan fingerprint density at radius 2 is 2.00 bits per heavy atom. The Morgan fingerprint density at radius 1 is 1.30 bits per heavy atom. The van der Waals surface area contributed by atoms with E-state index in [1.807, 2.05) is 25.1 Å². The second-order valence-corrected chi connectivity index (χ2v) is 5.53. The van der Waals surface area contributed by atoms with E-state index in [9.17, 15) is 9.59 Å². The number of carbonyl (C=O) groups is 2. The third kappa shape index (κ3) is 2.61. The molecule has 1 saturated heterocycles. The summed E-state index contributed by atoms with van der Waals surface area (Å²) in [6, 6.07) is 5.59. The largest absolute Gasteiger partial charge is 0.496 e. The first-order valence-electron chi connectivity index (χ1n) is 6.63. The van der Waals surface area contributed by atoms with Gasteiger partial charge in [-0.15, -0.1) is 0 Å². The number of rotatable bonds is 2. The van der Waals surface area contributed by atoms with Crippen LogP contribution in [0.15, 0.2) is 18.2 Å². The van der Waals surface area contributed by atoms with Crippen molar-refractivity contribution < 1.29 is 14.3 Å². The third-order valence-corrected chi connectivity index (χ3v) is 3.48. The zero-order valence-corrected chi connectivity index (χ0v) is 12.3. The molecule has 0 aliphatic carbocycles. The molecule has 0 bridgehead atoms. The predicted molar refractivity (Wildman–Crippen MR) is 76.9 cm³/mol. The highest BCUT2D eigenvalue weighted by Crippen LogP contribution is 2.27. The Bertz CT molecular complexity index is 552. The maximum Gasteiger partial charge on any atom is 0.252 e. The van der Waals surface area contributed by atoms with Crippen LogP contribution in [-0.4, -0.2) is 31.0 Å². The van der Waals surface area contributed by atoms with Gasteiger partial charge in [0.2, 0.25) is 5.91 Å². The summed E-state index contributed by atoms with van der Waals surface area (Å²) in [6.45, 7) is 5.77. The lowest BCUT2D eigenvalue weighted by atomic mass is 10.0. The Balaban J connectivity index is 2.37. The van der Waals surface area contributed by atoms with Crippen LogP contribution >= 0.6 is 0 Å². The Labute approximate surface area is 118 Å². The van der Waals surface area contributed by atoms with Gasteiger partial charge < -0.3 is 15.0 Å². The molecule has 20 heavy (non-hydrogen) atoms. The summed E-state index contributed by atoms with van der Waals surface area (Å²) in [5.41, 5.74) is 0.860. The van der Waals surface area contributed by atoms with Gasteiger partial charge >= 0.3 is 0 Å². The van der Waals surface area contributed by atoms with Crippen molar-refractivity contribution in [2.45, 2.75) is 32.7 Å². The molecule has 1 aromatic carbocycles. The number of benzene rings is 1. The van der Waals surface area contributed by atoms with Crippen molar-refractivity contribution in [2.75, 3.05) is 18.6 Å². The maximum atomic E-state index is 12.6. The molecule has 0 saturated carbocycles. The second kappa shape index (κ2) is 5.15. The van der Waals surface area contributed by atoms with Crippen LogP contribution in [0, 0.1) is 6.92 Å². The first kappa shape index (κ1) is 14.4. The molecular weight excluding hydrogens is 256 g/mol. The standard InChI is InChI=1S/C15H20N2O3/c1-10-9-11(5-6-12(10)20-4)17-8-7-13(18)16-15(2,3)14(17)19/h5-6,9H,7-8H2,1-4H3,(H,16,18). The van der Waals surface area contributed by atoms with Gasteiger partial charge in [-0.1, -0.05) is 0 Å². The molecule has 5 nitrogen and oxygen atoms in total. The molecule has 0 radical (unpaired) electrons. The number of aryl methyl sites for hydroxylation is 1. The van der Waals surface area contributed by atoms with Crippen LogP contribution in [0.4, 0.5) is 5.69 Å². The van der Waals surface area contributed by atoms with Gasteiger partial charge in [-0.3, -0.25) is 9.59 Å². The molecule has 0 aromatic heterocycles. The van der Waals surface area contributed by atoms with Crippen LogP contribution in [0.25, 0.3) is 0 Å². The van der Waals surface area contributed by atoms with E-state index >= 15 is 0 Å². The fourth-order valence-corrected chi connectivity index (χ4v) is 2.39. The number of methoxy groups -OCH3 is 1. The summed E-state index contributed by atoms with van der Waals surface area (Å²) in [4.78, 5) is 25.9. The average Bonchev–Trinajstić information content (AvgIpc) is 2.47. The first-order valence-corrected chi connectivity index (χ1v) is 6.63. The van der Waals surface area contributed by atoms with Crippen LogP contribution in [0.3, 0.4) is 0 Å². The summed E-state index contributed by atoms with van der Waals surface area (Å²) in [7, 11) is 1.62. The molecule has 1 aliphatic rings. The van der Waals surface area contributed by atoms with Gasteiger partial charge in [0, 0.05) is 18.7 Å². The van der Waals surface area contributed by atoms with E-state index in [0.717, 1.165) is 17.0 Å². The zero-order chi connectivity index (χ0) is 14.9. The molecule has 2 rings (SSSR count). The molecule has 1 fully saturated rings. The topological polar surface area (TPSA) is 58.6 Å². The number of nitrogens with zero attached hydrogens (tertiary/aromatic N) is 1. The van der Waals surface area contributed by atoms with Crippen molar-refractivity contribution in [2.24, 2.45) is 0 Å².